The second-order valence-electron chi connectivity index (χ2n) is 11.4. The number of hydrogen-bond acceptors (Lipinski definition) is 5. The van der Waals surface area contributed by atoms with E-state index in [9.17, 15) is 23.2 Å². The normalized spacial score (nSPS) is 18.4. The molecule has 10 heteroatoms. The first-order valence-corrected chi connectivity index (χ1v) is 15.1. The topological polar surface area (TPSA) is 89.9 Å². The molecular formula is C37H29F2N3O5. The summed E-state index contributed by atoms with van der Waals surface area (Å²) in [4.78, 5) is 43.6. The van der Waals surface area contributed by atoms with E-state index >= 15 is 0 Å². The van der Waals surface area contributed by atoms with E-state index in [1.54, 1.807) is 4.90 Å². The van der Waals surface area contributed by atoms with Crippen LogP contribution in [-0.2, 0) is 24.4 Å². The first-order valence-electron chi connectivity index (χ1n) is 15.1. The fraction of sp³-hybridized carbons (Fsp3) is 0.162. The lowest BCUT2D eigenvalue weighted by molar-refractivity contribution is -0.0155. The number of nitrogens with zero attached hydrogens (tertiary/aromatic N) is 2. The van der Waals surface area contributed by atoms with Crippen molar-refractivity contribution in [2.24, 2.45) is 0 Å². The molecular weight excluding hydrogens is 604 g/mol. The molecule has 2 aliphatic rings. The predicted octanol–water partition coefficient (Wildman–Crippen LogP) is 5.93. The number of amides is 2. The standard InChI is InChI=1S/C37H29F2N3O5/c38-27-17-16-26(29(39)18-27)19-40-36(44)28-20-41-21-30-42(37(45)32(41)35(33(28)43)46-22-23-10-4-1-5-11-23)31(24-12-6-2-7-13-24)34(47-30)25-14-8-3-9-15-25/h1-18,20,30-31,34H,19,21-22H2,(H,40,44)/t30-,31+,34-/m0/s1. The van der Waals surface area contributed by atoms with E-state index in [1.165, 1.54) is 16.8 Å². The third-order valence-electron chi connectivity index (χ3n) is 8.42. The van der Waals surface area contributed by atoms with Crippen LogP contribution in [-0.4, -0.2) is 27.5 Å². The van der Waals surface area contributed by atoms with Crippen molar-refractivity contribution < 1.29 is 27.8 Å². The van der Waals surface area contributed by atoms with Crippen LogP contribution in [0, 0.1) is 11.6 Å². The molecule has 47 heavy (non-hydrogen) atoms. The molecule has 1 N–H and O–H groups in total. The molecule has 2 amide bonds. The number of rotatable bonds is 8. The number of benzene rings is 4. The van der Waals surface area contributed by atoms with Crippen LogP contribution in [0.1, 0.15) is 55.2 Å². The quantitative estimate of drug-likeness (QED) is 0.229. The van der Waals surface area contributed by atoms with Gasteiger partial charge in [-0.1, -0.05) is 97.1 Å². The Hall–Kier alpha value is -5.61. The first-order chi connectivity index (χ1) is 22.9. The minimum atomic E-state index is -0.829. The zero-order valence-corrected chi connectivity index (χ0v) is 25.0. The van der Waals surface area contributed by atoms with Crippen LogP contribution < -0.4 is 15.5 Å². The molecule has 0 radical (unpaired) electrons. The van der Waals surface area contributed by atoms with E-state index in [0.29, 0.717) is 0 Å². The largest absolute Gasteiger partial charge is 0.483 e. The van der Waals surface area contributed by atoms with Crippen molar-refractivity contribution in [3.05, 3.63) is 171 Å². The van der Waals surface area contributed by atoms with E-state index in [0.717, 1.165) is 28.8 Å². The number of pyridine rings is 1. The Morgan fingerprint density at radius 3 is 2.21 bits per heavy atom. The van der Waals surface area contributed by atoms with Gasteiger partial charge in [-0.15, -0.1) is 0 Å². The summed E-state index contributed by atoms with van der Waals surface area (Å²) < 4.78 is 41.8. The summed E-state index contributed by atoms with van der Waals surface area (Å²) in [5.74, 6) is -3.13. The van der Waals surface area contributed by atoms with Gasteiger partial charge in [0.1, 0.15) is 29.9 Å². The summed E-state index contributed by atoms with van der Waals surface area (Å²) in [6.07, 6.45) is 0.0883. The van der Waals surface area contributed by atoms with Gasteiger partial charge >= 0.3 is 0 Å². The summed E-state index contributed by atoms with van der Waals surface area (Å²) in [5, 5.41) is 2.54. The summed E-state index contributed by atoms with van der Waals surface area (Å²) in [5.41, 5.74) is 1.47. The van der Waals surface area contributed by atoms with Gasteiger partial charge in [0.25, 0.3) is 11.8 Å². The van der Waals surface area contributed by atoms with E-state index in [-0.39, 0.29) is 42.3 Å². The summed E-state index contributed by atoms with van der Waals surface area (Å²) in [6.45, 7) is -0.207. The number of halogens is 2. The molecule has 1 aromatic heterocycles. The van der Waals surface area contributed by atoms with E-state index in [2.05, 4.69) is 5.32 Å². The molecule has 0 saturated carbocycles. The summed E-state index contributed by atoms with van der Waals surface area (Å²) in [7, 11) is 0. The molecule has 5 aromatic rings. The maximum absolute atomic E-state index is 14.5. The van der Waals surface area contributed by atoms with Crippen molar-refractivity contribution >= 4 is 11.8 Å². The van der Waals surface area contributed by atoms with Crippen LogP contribution in [0.4, 0.5) is 8.78 Å². The van der Waals surface area contributed by atoms with Crippen LogP contribution in [0.5, 0.6) is 5.75 Å². The Kier molecular flexibility index (Phi) is 8.09. The lowest BCUT2D eigenvalue weighted by Gasteiger charge is -2.35. The van der Waals surface area contributed by atoms with Crippen LogP contribution >= 0.6 is 0 Å². The fourth-order valence-electron chi connectivity index (χ4n) is 6.17. The van der Waals surface area contributed by atoms with Gasteiger partial charge in [0, 0.05) is 24.4 Å². The van der Waals surface area contributed by atoms with Crippen molar-refractivity contribution in [3.63, 3.8) is 0 Å². The lowest BCUT2D eigenvalue weighted by atomic mass is 9.94. The Morgan fingerprint density at radius 1 is 0.872 bits per heavy atom. The second-order valence-corrected chi connectivity index (χ2v) is 11.4. The zero-order valence-electron chi connectivity index (χ0n) is 25.0. The minimum absolute atomic E-state index is 0.00144. The number of aromatic nitrogens is 1. The van der Waals surface area contributed by atoms with Crippen molar-refractivity contribution in [2.75, 3.05) is 0 Å². The van der Waals surface area contributed by atoms with E-state index in [1.807, 2.05) is 91.0 Å². The van der Waals surface area contributed by atoms with Gasteiger partial charge in [-0.3, -0.25) is 19.3 Å². The minimum Gasteiger partial charge on any atom is -0.483 e. The van der Waals surface area contributed by atoms with Gasteiger partial charge in [-0.05, 0) is 22.8 Å². The molecule has 1 fully saturated rings. The Morgan fingerprint density at radius 2 is 1.53 bits per heavy atom. The second kappa shape index (κ2) is 12.6. The molecule has 7 rings (SSSR count). The van der Waals surface area contributed by atoms with Gasteiger partial charge in [-0.25, -0.2) is 8.78 Å². The number of fused-ring (bicyclic) bond motifs is 2. The van der Waals surface area contributed by atoms with Crippen molar-refractivity contribution in [1.82, 2.24) is 14.8 Å². The Labute approximate surface area is 268 Å². The molecule has 0 bridgehead atoms. The van der Waals surface area contributed by atoms with Crippen LogP contribution in [0.25, 0.3) is 0 Å². The van der Waals surface area contributed by atoms with Gasteiger partial charge in [0.05, 0.1) is 12.6 Å². The van der Waals surface area contributed by atoms with Gasteiger partial charge < -0.3 is 19.4 Å². The third kappa shape index (κ3) is 5.79. The number of ether oxygens (including phenoxy) is 2. The smallest absolute Gasteiger partial charge is 0.277 e. The van der Waals surface area contributed by atoms with Crippen molar-refractivity contribution in [2.45, 2.75) is 38.1 Å². The molecule has 2 aliphatic heterocycles. The number of nitrogens with one attached hydrogen (secondary N) is 1. The molecule has 3 heterocycles. The van der Waals surface area contributed by atoms with Gasteiger partial charge in [-0.2, -0.15) is 0 Å². The van der Waals surface area contributed by atoms with Gasteiger partial charge in [0.2, 0.25) is 5.43 Å². The van der Waals surface area contributed by atoms with Crippen LogP contribution in [0.2, 0.25) is 0 Å². The lowest BCUT2D eigenvalue weighted by Crippen LogP contribution is -2.47. The highest BCUT2D eigenvalue weighted by molar-refractivity contribution is 5.99. The highest BCUT2D eigenvalue weighted by Crippen LogP contribution is 2.47. The van der Waals surface area contributed by atoms with E-state index < -0.39 is 47.3 Å². The fourth-order valence-corrected chi connectivity index (χ4v) is 6.17. The van der Waals surface area contributed by atoms with Crippen molar-refractivity contribution in [3.8, 4) is 5.75 Å². The average Bonchev–Trinajstić information content (AvgIpc) is 3.48. The maximum atomic E-state index is 14.5. The molecule has 1 saturated heterocycles. The highest BCUT2D eigenvalue weighted by Gasteiger charge is 2.50. The first kappa shape index (κ1) is 30.1. The van der Waals surface area contributed by atoms with Crippen molar-refractivity contribution in [1.29, 1.82) is 0 Å². The molecule has 8 nitrogen and oxygen atoms in total. The summed E-state index contributed by atoms with van der Waals surface area (Å²) in [6, 6.07) is 30.8. The van der Waals surface area contributed by atoms with Gasteiger partial charge in [0.15, 0.2) is 17.7 Å². The monoisotopic (exact) mass is 633 g/mol. The third-order valence-corrected chi connectivity index (χ3v) is 8.42. The molecule has 236 valence electrons. The Bertz CT molecular complexity index is 2000. The maximum Gasteiger partial charge on any atom is 0.277 e. The zero-order chi connectivity index (χ0) is 32.5. The predicted molar refractivity (Wildman–Crippen MR) is 168 cm³/mol. The number of carbonyl (C=O) groups is 2. The Balaban J connectivity index is 1.29. The number of hydrogen-bond donors (Lipinski definition) is 1. The molecule has 4 aromatic carbocycles. The molecule has 0 unspecified atom stereocenters. The molecule has 0 aliphatic carbocycles. The molecule has 3 atom stereocenters. The average molecular weight is 634 g/mol. The number of carbonyl (C=O) groups excluding carboxylic acids is 2. The SMILES string of the molecule is O=C(NCc1ccc(F)cc1F)c1cn2c(c(OCc3ccccc3)c1=O)C(=O)N1[C@H](C2)O[C@@H](c2ccccc2)[C@H]1c1ccccc1. The van der Waals surface area contributed by atoms with Crippen LogP contribution in [0.15, 0.2) is 120 Å². The molecule has 0 spiro atoms. The highest BCUT2D eigenvalue weighted by atomic mass is 19.1. The summed E-state index contributed by atoms with van der Waals surface area (Å²) >= 11 is 0. The van der Waals surface area contributed by atoms with E-state index in [4.69, 9.17) is 9.47 Å². The van der Waals surface area contributed by atoms with Crippen LogP contribution in [0.3, 0.4) is 0 Å².